The molecule has 20 heavy (non-hydrogen) atoms. The number of rotatable bonds is 4. The Morgan fingerprint density at radius 3 is 2.45 bits per heavy atom. The lowest BCUT2D eigenvalue weighted by Gasteiger charge is -2.32. The van der Waals surface area contributed by atoms with Crippen LogP contribution in [0.25, 0.3) is 0 Å². The number of halogens is 3. The lowest BCUT2D eigenvalue weighted by Crippen LogP contribution is -2.41. The number of alkyl halides is 3. The Kier molecular flexibility index (Phi) is 4.91. The van der Waals surface area contributed by atoms with Crippen LogP contribution in [0.15, 0.2) is 24.3 Å². The fourth-order valence-electron chi connectivity index (χ4n) is 2.63. The summed E-state index contributed by atoms with van der Waals surface area (Å²) in [4.78, 5) is 2.34. The van der Waals surface area contributed by atoms with Gasteiger partial charge >= 0.3 is 6.18 Å². The molecule has 1 aliphatic rings. The maximum atomic E-state index is 12.9. The van der Waals surface area contributed by atoms with Gasteiger partial charge in [-0.3, -0.25) is 4.90 Å². The molecule has 1 aliphatic heterocycles. The highest BCUT2D eigenvalue weighted by Gasteiger charge is 2.33. The van der Waals surface area contributed by atoms with Gasteiger partial charge in [-0.05, 0) is 45.0 Å². The fraction of sp³-hybridized carbons (Fsp3) is 0.600. The van der Waals surface area contributed by atoms with Gasteiger partial charge < -0.3 is 5.32 Å². The third-order valence-electron chi connectivity index (χ3n) is 3.83. The summed E-state index contributed by atoms with van der Waals surface area (Å²) in [6.45, 7) is 4.69. The predicted molar refractivity (Wildman–Crippen MR) is 74.8 cm³/mol. The Bertz CT molecular complexity index is 425. The fourth-order valence-corrected chi connectivity index (χ4v) is 2.63. The highest BCUT2D eigenvalue weighted by molar-refractivity contribution is 5.52. The summed E-state index contributed by atoms with van der Waals surface area (Å²) in [7, 11) is 0. The second-order valence-corrected chi connectivity index (χ2v) is 5.37. The van der Waals surface area contributed by atoms with Gasteiger partial charge in [-0.25, -0.2) is 0 Å². The molecule has 2 nitrogen and oxygen atoms in total. The van der Waals surface area contributed by atoms with Crippen molar-refractivity contribution in [2.45, 2.75) is 38.4 Å². The summed E-state index contributed by atoms with van der Waals surface area (Å²) in [5.41, 5.74) is -0.422. The van der Waals surface area contributed by atoms with Gasteiger partial charge in [0, 0.05) is 18.3 Å². The van der Waals surface area contributed by atoms with Crippen LogP contribution in [-0.4, -0.2) is 30.6 Å². The first-order valence-electron chi connectivity index (χ1n) is 7.12. The number of likely N-dealkylation sites (tertiary alicyclic amines) is 1. The van der Waals surface area contributed by atoms with Crippen molar-refractivity contribution in [3.8, 4) is 0 Å². The van der Waals surface area contributed by atoms with Crippen LogP contribution in [0.4, 0.5) is 18.9 Å². The molecule has 1 unspecified atom stereocenters. The van der Waals surface area contributed by atoms with Crippen LogP contribution in [-0.2, 0) is 6.18 Å². The number of para-hydroxylation sites is 1. The smallest absolute Gasteiger partial charge is 0.383 e. The molecule has 1 fully saturated rings. The normalized spacial score (nSPS) is 18.8. The van der Waals surface area contributed by atoms with Crippen molar-refractivity contribution in [1.82, 2.24) is 4.90 Å². The largest absolute Gasteiger partial charge is 0.418 e. The summed E-state index contributed by atoms with van der Waals surface area (Å²) < 4.78 is 38.6. The lowest BCUT2D eigenvalue weighted by atomic mass is 10.1. The SMILES string of the molecule is CC(CNc1ccccc1C(F)(F)F)N1CCCCC1. The molecular formula is C15H21F3N2. The first kappa shape index (κ1) is 15.2. The Morgan fingerprint density at radius 2 is 1.80 bits per heavy atom. The van der Waals surface area contributed by atoms with E-state index in [2.05, 4.69) is 17.1 Å². The average Bonchev–Trinajstić information content (AvgIpc) is 2.45. The van der Waals surface area contributed by atoms with E-state index in [1.165, 1.54) is 31.4 Å². The van der Waals surface area contributed by atoms with Crippen molar-refractivity contribution in [3.05, 3.63) is 29.8 Å². The summed E-state index contributed by atoms with van der Waals surface area (Å²) >= 11 is 0. The van der Waals surface area contributed by atoms with Crippen molar-refractivity contribution in [3.63, 3.8) is 0 Å². The number of piperidine rings is 1. The van der Waals surface area contributed by atoms with Gasteiger partial charge in [0.15, 0.2) is 0 Å². The molecule has 1 N–H and O–H groups in total. The minimum Gasteiger partial charge on any atom is -0.383 e. The van der Waals surface area contributed by atoms with Crippen LogP contribution in [0.5, 0.6) is 0 Å². The summed E-state index contributed by atoms with van der Waals surface area (Å²) in [6, 6.07) is 5.90. The van der Waals surface area contributed by atoms with Crippen molar-refractivity contribution in [2.24, 2.45) is 0 Å². The van der Waals surface area contributed by atoms with E-state index in [0.717, 1.165) is 19.2 Å². The van der Waals surface area contributed by atoms with Crippen LogP contribution in [0.2, 0.25) is 0 Å². The number of nitrogens with zero attached hydrogens (tertiary/aromatic N) is 1. The number of anilines is 1. The van der Waals surface area contributed by atoms with Crippen molar-refractivity contribution >= 4 is 5.69 Å². The highest BCUT2D eigenvalue weighted by atomic mass is 19.4. The third-order valence-corrected chi connectivity index (χ3v) is 3.83. The van der Waals surface area contributed by atoms with E-state index >= 15 is 0 Å². The van der Waals surface area contributed by atoms with E-state index in [0.29, 0.717) is 6.54 Å². The molecule has 2 rings (SSSR count). The van der Waals surface area contributed by atoms with E-state index in [-0.39, 0.29) is 11.7 Å². The average molecular weight is 286 g/mol. The quantitative estimate of drug-likeness (QED) is 0.900. The van der Waals surface area contributed by atoms with E-state index in [1.807, 2.05) is 0 Å². The van der Waals surface area contributed by atoms with Crippen LogP contribution < -0.4 is 5.32 Å². The number of hydrogen-bond donors (Lipinski definition) is 1. The molecule has 1 heterocycles. The molecule has 0 bridgehead atoms. The summed E-state index contributed by atoms with van der Waals surface area (Å²) in [6.07, 6.45) is -0.682. The van der Waals surface area contributed by atoms with E-state index in [4.69, 9.17) is 0 Å². The maximum Gasteiger partial charge on any atom is 0.418 e. The van der Waals surface area contributed by atoms with Gasteiger partial charge in [0.25, 0.3) is 0 Å². The Balaban J connectivity index is 1.96. The van der Waals surface area contributed by atoms with Gasteiger partial charge in [0.2, 0.25) is 0 Å². The molecule has 0 spiro atoms. The van der Waals surface area contributed by atoms with Crippen LogP contribution in [0.1, 0.15) is 31.7 Å². The van der Waals surface area contributed by atoms with Gasteiger partial charge in [-0.1, -0.05) is 18.6 Å². The summed E-state index contributed by atoms with van der Waals surface area (Å²) in [5.74, 6) is 0. The molecular weight excluding hydrogens is 265 g/mol. The monoisotopic (exact) mass is 286 g/mol. The second-order valence-electron chi connectivity index (χ2n) is 5.37. The van der Waals surface area contributed by atoms with Gasteiger partial charge in [0.05, 0.1) is 5.56 Å². The van der Waals surface area contributed by atoms with Crippen LogP contribution in [0, 0.1) is 0 Å². The van der Waals surface area contributed by atoms with Gasteiger partial charge in [-0.2, -0.15) is 13.2 Å². The molecule has 0 aliphatic carbocycles. The maximum absolute atomic E-state index is 12.9. The zero-order valence-corrected chi connectivity index (χ0v) is 11.7. The summed E-state index contributed by atoms with van der Waals surface area (Å²) in [5, 5.41) is 2.96. The lowest BCUT2D eigenvalue weighted by molar-refractivity contribution is -0.137. The molecule has 1 aromatic carbocycles. The molecule has 1 atom stereocenters. The Hall–Kier alpha value is -1.23. The molecule has 1 saturated heterocycles. The second kappa shape index (κ2) is 6.48. The predicted octanol–water partition coefficient (Wildman–Crippen LogP) is 3.99. The first-order valence-corrected chi connectivity index (χ1v) is 7.12. The first-order chi connectivity index (χ1) is 9.48. The van der Waals surface area contributed by atoms with E-state index in [9.17, 15) is 13.2 Å². The minimum absolute atomic E-state index is 0.170. The van der Waals surface area contributed by atoms with Crippen molar-refractivity contribution < 1.29 is 13.2 Å². The molecule has 5 heteroatoms. The number of benzene rings is 1. The molecule has 0 aromatic heterocycles. The van der Waals surface area contributed by atoms with E-state index in [1.54, 1.807) is 6.07 Å². The van der Waals surface area contributed by atoms with Crippen LogP contribution >= 0.6 is 0 Å². The van der Waals surface area contributed by atoms with Crippen molar-refractivity contribution in [2.75, 3.05) is 25.0 Å². The standard InChI is InChI=1S/C15H21F3N2/c1-12(20-9-5-2-6-10-20)11-19-14-8-4-3-7-13(14)15(16,17)18/h3-4,7-8,12,19H,2,5-6,9-11H2,1H3. The zero-order valence-electron chi connectivity index (χ0n) is 11.7. The Morgan fingerprint density at radius 1 is 1.15 bits per heavy atom. The van der Waals surface area contributed by atoms with Crippen LogP contribution in [0.3, 0.4) is 0 Å². The van der Waals surface area contributed by atoms with Gasteiger partial charge in [-0.15, -0.1) is 0 Å². The van der Waals surface area contributed by atoms with E-state index < -0.39 is 11.7 Å². The molecule has 0 radical (unpaired) electrons. The third kappa shape index (κ3) is 3.88. The topological polar surface area (TPSA) is 15.3 Å². The van der Waals surface area contributed by atoms with Gasteiger partial charge in [0.1, 0.15) is 0 Å². The minimum atomic E-state index is -4.31. The molecule has 112 valence electrons. The molecule has 1 aromatic rings. The number of nitrogens with one attached hydrogen (secondary N) is 1. The number of hydrogen-bond acceptors (Lipinski definition) is 2. The molecule has 0 saturated carbocycles. The Labute approximate surface area is 118 Å². The highest BCUT2D eigenvalue weighted by Crippen LogP contribution is 2.34. The molecule has 0 amide bonds. The van der Waals surface area contributed by atoms with Crippen molar-refractivity contribution in [1.29, 1.82) is 0 Å². The zero-order chi connectivity index (χ0) is 14.6.